The fourth-order valence-electron chi connectivity index (χ4n) is 11.7. The molecule has 0 aliphatic carbocycles. The van der Waals surface area contributed by atoms with E-state index >= 15 is 0 Å². The number of rotatable bonds is 8. The average Bonchev–Trinajstić information content (AvgIpc) is 3.89. The third-order valence-corrected chi connectivity index (χ3v) is 16.6. The Morgan fingerprint density at radius 3 is 0.847 bits per heavy atom. The summed E-state index contributed by atoms with van der Waals surface area (Å²) in [6.07, 6.45) is 0. The first-order valence-electron chi connectivity index (χ1n) is 25.9. The molecule has 72 heavy (non-hydrogen) atoms. The molecule has 0 atom stereocenters. The minimum absolute atomic E-state index is 0.242. The van der Waals surface area contributed by atoms with Gasteiger partial charge in [-0.05, 0) is 291 Å². The van der Waals surface area contributed by atoms with Gasteiger partial charge in [0.25, 0.3) is 0 Å². The summed E-state index contributed by atoms with van der Waals surface area (Å²) in [6.45, 7) is 35.9. The second-order valence-electron chi connectivity index (χ2n) is 22.0. The largest absolute Gasteiger partial charge is 0.452 e. The summed E-state index contributed by atoms with van der Waals surface area (Å²) in [5.74, 6) is 0.484. The number of hydrogen-bond acceptors (Lipinski definition) is 4. The molecule has 0 fully saturated rings. The predicted octanol–water partition coefficient (Wildman–Crippen LogP) is 20.7. The lowest BCUT2D eigenvalue weighted by atomic mass is 9.84. The molecule has 0 radical (unpaired) electrons. The second-order valence-corrected chi connectivity index (χ2v) is 22.0. The highest BCUT2D eigenvalue weighted by molar-refractivity contribution is 6.24. The SMILES string of the molecule is Cc1cc(N(c2cc(C)c(C)c(C)c2)c2ccc3cc4c(cc3c2)oc2c3oc5cc6cc(N(c7cc(C)c(C)c(C)c7)c7cc(C)c(C)c(C)c7)ccc6cc5c3c(C(C)C)c(C(C)C)c42)cc(C)c1C. The molecule has 0 unspecified atom stereocenters. The Morgan fingerprint density at radius 1 is 0.306 bits per heavy atom. The maximum absolute atomic E-state index is 7.18. The Balaban J connectivity index is 1.12. The van der Waals surface area contributed by atoms with Crippen molar-refractivity contribution in [1.29, 1.82) is 0 Å². The number of furan rings is 2. The maximum Gasteiger partial charge on any atom is 0.178 e. The van der Waals surface area contributed by atoms with Gasteiger partial charge in [-0.2, -0.15) is 0 Å². The number of hydrogen-bond donors (Lipinski definition) is 0. The molecule has 0 N–H and O–H groups in total. The van der Waals surface area contributed by atoms with Gasteiger partial charge in [-0.3, -0.25) is 0 Å². The Hall–Kier alpha value is -7.30. The predicted molar refractivity (Wildman–Crippen MR) is 310 cm³/mol. The fourth-order valence-corrected chi connectivity index (χ4v) is 11.7. The molecule has 4 heteroatoms. The van der Waals surface area contributed by atoms with Gasteiger partial charge in [-0.1, -0.05) is 39.8 Å². The van der Waals surface area contributed by atoms with Crippen molar-refractivity contribution in [3.8, 4) is 0 Å². The molecule has 9 aromatic carbocycles. The van der Waals surface area contributed by atoms with Crippen LogP contribution < -0.4 is 9.80 Å². The van der Waals surface area contributed by atoms with Gasteiger partial charge in [-0.15, -0.1) is 0 Å². The van der Waals surface area contributed by atoms with E-state index in [0.29, 0.717) is 0 Å². The smallest absolute Gasteiger partial charge is 0.178 e. The zero-order valence-corrected chi connectivity index (χ0v) is 45.3. The molecule has 362 valence electrons. The number of aryl methyl sites for hydroxylation is 8. The van der Waals surface area contributed by atoms with Crippen molar-refractivity contribution in [2.24, 2.45) is 0 Å². The van der Waals surface area contributed by atoms with Crippen molar-refractivity contribution < 1.29 is 8.83 Å². The molecule has 2 aromatic heterocycles. The van der Waals surface area contributed by atoms with Gasteiger partial charge in [0.05, 0.1) is 0 Å². The van der Waals surface area contributed by atoms with Gasteiger partial charge in [-0.25, -0.2) is 0 Å². The van der Waals surface area contributed by atoms with Gasteiger partial charge in [0.15, 0.2) is 11.2 Å². The zero-order chi connectivity index (χ0) is 50.9. The molecular weight excluding hydrogens is 877 g/mol. The summed E-state index contributed by atoms with van der Waals surface area (Å²) in [5, 5.41) is 9.19. The van der Waals surface area contributed by atoms with Crippen LogP contribution in [-0.2, 0) is 0 Å². The molecule has 0 aliphatic heterocycles. The van der Waals surface area contributed by atoms with Crippen LogP contribution in [0.25, 0.3) is 65.4 Å². The van der Waals surface area contributed by atoms with Crippen molar-refractivity contribution in [3.63, 3.8) is 0 Å². The summed E-state index contributed by atoms with van der Waals surface area (Å²) in [4.78, 5) is 4.84. The molecule has 0 spiro atoms. The van der Waals surface area contributed by atoms with Crippen LogP contribution in [0.3, 0.4) is 0 Å². The molecule has 2 heterocycles. The monoisotopic (exact) mass is 945 g/mol. The molecule has 0 aliphatic rings. The standard InChI is InChI=1S/C68H68N2O2/c1-35(2)63-64(36(3)4)66-60-32-50-18-20-54(70(57-25-41(9)47(15)42(10)26-57)58-27-43(11)48(16)44(12)28-58)30-52(50)34-62(60)72-68(66)67-65(63)59-31-49-17-19-53(29-51(49)33-61(59)71-67)69(55-21-37(5)45(13)38(6)22-55)56-23-39(7)46(14)40(8)24-56/h17-36H,1-16H3. The quantitative estimate of drug-likeness (QED) is 0.152. The number of anilines is 6. The Kier molecular flexibility index (Phi) is 11.2. The number of benzene rings is 9. The Bertz CT molecular complexity index is 3610. The van der Waals surface area contributed by atoms with E-state index in [9.17, 15) is 0 Å². The van der Waals surface area contributed by atoms with Gasteiger partial charge in [0.1, 0.15) is 11.2 Å². The lowest BCUT2D eigenvalue weighted by molar-refractivity contribution is 0.632. The van der Waals surface area contributed by atoms with E-state index in [1.54, 1.807) is 0 Å². The highest BCUT2D eigenvalue weighted by atomic mass is 16.4. The fraction of sp³-hybridized carbons (Fsp3) is 0.265. The molecule has 4 nitrogen and oxygen atoms in total. The molecule has 0 saturated heterocycles. The van der Waals surface area contributed by atoms with Gasteiger partial charge >= 0.3 is 0 Å². The van der Waals surface area contributed by atoms with E-state index in [1.807, 2.05) is 0 Å². The highest BCUT2D eigenvalue weighted by Gasteiger charge is 2.28. The minimum Gasteiger partial charge on any atom is -0.452 e. The summed E-state index contributed by atoms with van der Waals surface area (Å²) >= 11 is 0. The maximum atomic E-state index is 7.18. The van der Waals surface area contributed by atoms with Crippen molar-refractivity contribution in [2.45, 2.75) is 123 Å². The van der Waals surface area contributed by atoms with Crippen molar-refractivity contribution in [3.05, 3.63) is 187 Å². The first kappa shape index (κ1) is 47.0. The summed E-state index contributed by atoms with van der Waals surface area (Å²) < 4.78 is 14.4. The normalized spacial score (nSPS) is 12.1. The topological polar surface area (TPSA) is 32.8 Å². The molecule has 11 rings (SSSR count). The number of fused-ring (bicyclic) bond motifs is 9. The van der Waals surface area contributed by atoms with Crippen molar-refractivity contribution in [1.82, 2.24) is 0 Å². The Morgan fingerprint density at radius 2 is 0.583 bits per heavy atom. The molecule has 0 amide bonds. The number of nitrogens with zero attached hydrogens (tertiary/aromatic N) is 2. The lowest BCUT2D eigenvalue weighted by Crippen LogP contribution is -2.12. The van der Waals surface area contributed by atoms with Crippen LogP contribution in [0.4, 0.5) is 34.1 Å². The lowest BCUT2D eigenvalue weighted by Gasteiger charge is -2.28. The van der Waals surface area contributed by atoms with Crippen LogP contribution in [0.1, 0.15) is 117 Å². The second kappa shape index (κ2) is 17.2. The third-order valence-electron chi connectivity index (χ3n) is 16.6. The van der Waals surface area contributed by atoms with E-state index in [-0.39, 0.29) is 11.8 Å². The molecule has 0 bridgehead atoms. The van der Waals surface area contributed by atoms with E-state index in [0.717, 1.165) is 88.8 Å². The summed E-state index contributed by atoms with van der Waals surface area (Å²) in [7, 11) is 0. The molecular formula is C68H68N2O2. The first-order valence-corrected chi connectivity index (χ1v) is 25.9. The highest BCUT2D eigenvalue weighted by Crippen LogP contribution is 2.50. The van der Waals surface area contributed by atoms with E-state index in [1.165, 1.54) is 88.7 Å². The minimum atomic E-state index is 0.242. The van der Waals surface area contributed by atoms with Crippen LogP contribution in [0.5, 0.6) is 0 Å². The molecule has 0 saturated carbocycles. The van der Waals surface area contributed by atoms with Crippen LogP contribution in [-0.4, -0.2) is 0 Å². The van der Waals surface area contributed by atoms with Gasteiger partial charge in [0, 0.05) is 55.7 Å². The van der Waals surface area contributed by atoms with Crippen molar-refractivity contribution >= 4 is 99.5 Å². The van der Waals surface area contributed by atoms with Crippen LogP contribution >= 0.6 is 0 Å². The van der Waals surface area contributed by atoms with E-state index in [4.69, 9.17) is 8.83 Å². The van der Waals surface area contributed by atoms with Crippen LogP contribution in [0, 0.1) is 83.1 Å². The van der Waals surface area contributed by atoms with Gasteiger partial charge in [0.2, 0.25) is 0 Å². The summed E-state index contributed by atoms with van der Waals surface area (Å²) in [5.41, 5.74) is 28.5. The van der Waals surface area contributed by atoms with Crippen LogP contribution in [0.2, 0.25) is 0 Å². The first-order chi connectivity index (χ1) is 34.3. The zero-order valence-electron chi connectivity index (χ0n) is 45.3. The average molecular weight is 945 g/mol. The summed E-state index contributed by atoms with van der Waals surface area (Å²) in [6, 6.07) is 41.7. The van der Waals surface area contributed by atoms with Gasteiger partial charge < -0.3 is 18.6 Å². The Labute approximate surface area is 425 Å². The molecule has 11 aromatic rings. The van der Waals surface area contributed by atoms with E-state index in [2.05, 4.69) is 230 Å². The third kappa shape index (κ3) is 7.47. The van der Waals surface area contributed by atoms with Crippen LogP contribution in [0.15, 0.2) is 118 Å². The van der Waals surface area contributed by atoms with Crippen molar-refractivity contribution in [2.75, 3.05) is 9.80 Å². The van der Waals surface area contributed by atoms with E-state index < -0.39 is 0 Å².